The summed E-state index contributed by atoms with van der Waals surface area (Å²) in [5, 5.41) is 3.06. The summed E-state index contributed by atoms with van der Waals surface area (Å²) < 4.78 is 1.67. The molecule has 0 unspecified atom stereocenters. The van der Waals surface area contributed by atoms with Gasteiger partial charge in [-0.05, 0) is 12.2 Å². The largest absolute Gasteiger partial charge is 0.369 e. The normalized spacial score (nSPS) is 14.3. The average molecular weight is 242 g/mol. The number of H-pyrrole nitrogens is 1. The molecular weight excluding hydrogens is 232 g/mol. The van der Waals surface area contributed by atoms with E-state index < -0.39 is 0 Å². The maximum absolute atomic E-state index is 11.6. The maximum atomic E-state index is 11.6. The second-order valence-electron chi connectivity index (χ2n) is 3.68. The summed E-state index contributed by atoms with van der Waals surface area (Å²) in [5.74, 6) is 0.801. The van der Waals surface area contributed by atoms with Gasteiger partial charge in [-0.2, -0.15) is 4.98 Å². The molecule has 0 atom stereocenters. The van der Waals surface area contributed by atoms with Crippen molar-refractivity contribution in [1.29, 1.82) is 0 Å². The van der Waals surface area contributed by atoms with E-state index in [2.05, 4.69) is 20.3 Å². The maximum Gasteiger partial charge on any atom is 0.280 e. The van der Waals surface area contributed by atoms with Crippen molar-refractivity contribution in [2.24, 2.45) is 0 Å². The third-order valence-electron chi connectivity index (χ3n) is 2.49. The van der Waals surface area contributed by atoms with Gasteiger partial charge in [-0.15, -0.1) is 0 Å². The number of rotatable bonds is 1. The SMILES string of the molecule is Nc1nc2c(ncn2C2=CC=CC=CN2)c(=O)[nH]1. The number of nitrogens with one attached hydrogen (secondary N) is 2. The highest BCUT2D eigenvalue weighted by Gasteiger charge is 2.11. The van der Waals surface area contributed by atoms with Gasteiger partial charge in [-0.25, -0.2) is 4.98 Å². The zero-order chi connectivity index (χ0) is 12.5. The van der Waals surface area contributed by atoms with Crippen LogP contribution in [0, 0.1) is 0 Å². The summed E-state index contributed by atoms with van der Waals surface area (Å²) in [6.07, 6.45) is 10.8. The summed E-state index contributed by atoms with van der Waals surface area (Å²) >= 11 is 0. The van der Waals surface area contributed by atoms with Gasteiger partial charge in [0.1, 0.15) is 12.1 Å². The standard InChI is InChI=1S/C11H10N6O/c12-11-15-9-8(10(18)16-11)14-6-17(9)7-4-2-1-3-5-13-7/h1-6,13H,(H3,12,15,16,18). The lowest BCUT2D eigenvalue weighted by Crippen LogP contribution is -2.14. The zero-order valence-electron chi connectivity index (χ0n) is 9.29. The molecule has 90 valence electrons. The average Bonchev–Trinajstić information content (AvgIpc) is 2.59. The summed E-state index contributed by atoms with van der Waals surface area (Å²) in [6.45, 7) is 0. The minimum atomic E-state index is -0.350. The lowest BCUT2D eigenvalue weighted by molar-refractivity contribution is 0.995. The quantitative estimate of drug-likeness (QED) is 0.661. The number of nitrogens with zero attached hydrogens (tertiary/aromatic N) is 3. The van der Waals surface area contributed by atoms with Crippen molar-refractivity contribution in [3.63, 3.8) is 0 Å². The molecule has 0 spiro atoms. The van der Waals surface area contributed by atoms with E-state index in [9.17, 15) is 4.79 Å². The molecule has 0 fully saturated rings. The lowest BCUT2D eigenvalue weighted by Gasteiger charge is -2.07. The number of nitrogen functional groups attached to an aromatic ring is 1. The molecule has 3 rings (SSSR count). The monoisotopic (exact) mass is 242 g/mol. The first-order valence-electron chi connectivity index (χ1n) is 5.29. The van der Waals surface area contributed by atoms with Crippen LogP contribution in [0.15, 0.2) is 41.6 Å². The highest BCUT2D eigenvalue weighted by atomic mass is 16.1. The first-order valence-corrected chi connectivity index (χ1v) is 5.29. The summed E-state index contributed by atoms with van der Waals surface area (Å²) in [6, 6.07) is 0. The van der Waals surface area contributed by atoms with Crippen molar-refractivity contribution < 1.29 is 0 Å². The molecule has 4 N–H and O–H groups in total. The number of fused-ring (bicyclic) bond motifs is 1. The van der Waals surface area contributed by atoms with Crippen molar-refractivity contribution in [3.8, 4) is 0 Å². The van der Waals surface area contributed by atoms with E-state index in [1.165, 1.54) is 6.33 Å². The Morgan fingerprint density at radius 1 is 1.28 bits per heavy atom. The first kappa shape index (κ1) is 10.3. The predicted octanol–water partition coefficient (Wildman–Crippen LogP) is 0.173. The molecule has 7 nitrogen and oxygen atoms in total. The highest BCUT2D eigenvalue weighted by Crippen LogP contribution is 2.12. The van der Waals surface area contributed by atoms with Crippen LogP contribution in [0.3, 0.4) is 0 Å². The van der Waals surface area contributed by atoms with Gasteiger partial charge < -0.3 is 11.1 Å². The van der Waals surface area contributed by atoms with E-state index in [1.54, 1.807) is 10.8 Å². The Labute approximate surface area is 101 Å². The van der Waals surface area contributed by atoms with E-state index in [-0.39, 0.29) is 17.0 Å². The fraction of sp³-hybridized carbons (Fsp3) is 0. The van der Waals surface area contributed by atoms with Gasteiger partial charge in [-0.3, -0.25) is 14.3 Å². The Bertz CT molecular complexity index is 748. The Balaban J connectivity index is 2.24. The summed E-state index contributed by atoms with van der Waals surface area (Å²) in [5.41, 5.74) is 5.86. The predicted molar refractivity (Wildman–Crippen MR) is 68.2 cm³/mol. The number of nitrogens with two attached hydrogens (primary N) is 1. The summed E-state index contributed by atoms with van der Waals surface area (Å²) in [7, 11) is 0. The van der Waals surface area contributed by atoms with Crippen LogP contribution in [0.5, 0.6) is 0 Å². The van der Waals surface area contributed by atoms with Crippen molar-refractivity contribution in [1.82, 2.24) is 24.8 Å². The van der Waals surface area contributed by atoms with E-state index in [4.69, 9.17) is 5.73 Å². The van der Waals surface area contributed by atoms with Crippen LogP contribution >= 0.6 is 0 Å². The molecule has 0 bridgehead atoms. The fourth-order valence-corrected chi connectivity index (χ4v) is 1.70. The number of aromatic nitrogens is 4. The molecule has 3 heterocycles. The number of aromatic amines is 1. The van der Waals surface area contributed by atoms with Crippen LogP contribution < -0.4 is 16.6 Å². The number of imidazole rings is 1. The first-order chi connectivity index (χ1) is 8.75. The van der Waals surface area contributed by atoms with E-state index >= 15 is 0 Å². The Kier molecular flexibility index (Phi) is 2.23. The lowest BCUT2D eigenvalue weighted by atomic mass is 10.4. The van der Waals surface area contributed by atoms with E-state index in [0.717, 1.165) is 5.82 Å². The summed E-state index contributed by atoms with van der Waals surface area (Å²) in [4.78, 5) is 22.2. The van der Waals surface area contributed by atoms with Crippen LogP contribution in [0.4, 0.5) is 5.95 Å². The van der Waals surface area contributed by atoms with Gasteiger partial charge in [-0.1, -0.05) is 12.2 Å². The van der Waals surface area contributed by atoms with Gasteiger partial charge in [0.15, 0.2) is 11.2 Å². The van der Waals surface area contributed by atoms with Crippen LogP contribution in [0.25, 0.3) is 17.0 Å². The van der Waals surface area contributed by atoms with Crippen LogP contribution in [-0.4, -0.2) is 19.5 Å². The van der Waals surface area contributed by atoms with E-state index in [1.807, 2.05) is 24.3 Å². The molecule has 0 saturated carbocycles. The molecule has 0 amide bonds. The number of allylic oxidation sites excluding steroid dienone is 4. The number of hydrogen-bond donors (Lipinski definition) is 3. The topological polar surface area (TPSA) is 102 Å². The van der Waals surface area contributed by atoms with Gasteiger partial charge in [0.05, 0.1) is 0 Å². The smallest absolute Gasteiger partial charge is 0.280 e. The molecule has 0 aliphatic carbocycles. The van der Waals surface area contributed by atoms with Crippen molar-refractivity contribution >= 4 is 22.9 Å². The minimum Gasteiger partial charge on any atom is -0.369 e. The van der Waals surface area contributed by atoms with Gasteiger partial charge in [0, 0.05) is 6.20 Å². The Hall–Kier alpha value is -2.83. The molecular formula is C11H10N6O. The van der Waals surface area contributed by atoms with Crippen molar-refractivity contribution in [2.75, 3.05) is 5.73 Å². The molecule has 1 aliphatic heterocycles. The molecule has 0 saturated heterocycles. The fourth-order valence-electron chi connectivity index (χ4n) is 1.70. The third-order valence-corrected chi connectivity index (χ3v) is 2.49. The van der Waals surface area contributed by atoms with Crippen LogP contribution in [0.1, 0.15) is 0 Å². The van der Waals surface area contributed by atoms with Gasteiger partial charge in [0.25, 0.3) is 5.56 Å². The second kappa shape index (κ2) is 3.88. The third kappa shape index (κ3) is 1.58. The number of anilines is 1. The van der Waals surface area contributed by atoms with Gasteiger partial charge >= 0.3 is 0 Å². The van der Waals surface area contributed by atoms with Gasteiger partial charge in [0.2, 0.25) is 5.95 Å². The second-order valence-corrected chi connectivity index (χ2v) is 3.68. The molecule has 2 aromatic rings. The molecule has 2 aromatic heterocycles. The Morgan fingerprint density at radius 3 is 3.06 bits per heavy atom. The highest BCUT2D eigenvalue weighted by molar-refractivity contribution is 5.75. The molecule has 0 aromatic carbocycles. The Morgan fingerprint density at radius 2 is 2.17 bits per heavy atom. The molecule has 1 aliphatic rings. The van der Waals surface area contributed by atoms with Crippen LogP contribution in [0.2, 0.25) is 0 Å². The molecule has 0 radical (unpaired) electrons. The molecule has 7 heteroatoms. The van der Waals surface area contributed by atoms with Crippen molar-refractivity contribution in [3.05, 3.63) is 47.2 Å². The minimum absolute atomic E-state index is 0.0644. The molecule has 18 heavy (non-hydrogen) atoms. The van der Waals surface area contributed by atoms with Crippen LogP contribution in [-0.2, 0) is 0 Å². The zero-order valence-corrected chi connectivity index (χ0v) is 9.29. The van der Waals surface area contributed by atoms with Crippen molar-refractivity contribution in [2.45, 2.75) is 0 Å². The van der Waals surface area contributed by atoms with E-state index in [0.29, 0.717) is 5.65 Å². The number of hydrogen-bond acceptors (Lipinski definition) is 5.